The number of nitrogens with two attached hydrogens (primary N) is 1. The van der Waals surface area contributed by atoms with Crippen LogP contribution in [0.15, 0.2) is 85.1 Å². The zero-order chi connectivity index (χ0) is 24.9. The Morgan fingerprint density at radius 2 is 1.66 bits per heavy atom. The number of aromatic nitrogens is 1. The highest BCUT2D eigenvalue weighted by molar-refractivity contribution is 6.04. The Hall–Kier alpha value is -3.74. The highest BCUT2D eigenvalue weighted by Gasteiger charge is 2.06. The molecule has 1 heterocycles. The van der Waals surface area contributed by atoms with Crippen LogP contribution in [-0.2, 0) is 13.2 Å². The number of anilines is 2. The number of aliphatic hydroxyl groups is 1. The molecule has 0 spiro atoms. The molecule has 35 heavy (non-hydrogen) atoms. The number of nitrogen functional groups attached to an aromatic ring is 1. The van der Waals surface area contributed by atoms with Gasteiger partial charge in [-0.05, 0) is 59.1 Å². The minimum atomic E-state index is -0.155. The third-order valence-electron chi connectivity index (χ3n) is 5.54. The predicted molar refractivity (Wildman–Crippen MR) is 144 cm³/mol. The van der Waals surface area contributed by atoms with Gasteiger partial charge in [0.15, 0.2) is 0 Å². The molecule has 4 rings (SSSR count). The number of nitrogens with zero attached hydrogens (tertiary/aromatic N) is 1. The lowest BCUT2D eigenvalue weighted by Gasteiger charge is -2.07. The summed E-state index contributed by atoms with van der Waals surface area (Å²) in [5.74, 6) is 0.227. The van der Waals surface area contributed by atoms with Crippen molar-refractivity contribution >= 4 is 28.2 Å². The van der Waals surface area contributed by atoms with Crippen LogP contribution in [0.2, 0.25) is 0 Å². The molecule has 6 nitrogen and oxygen atoms in total. The molecule has 0 bridgehead atoms. The van der Waals surface area contributed by atoms with Gasteiger partial charge < -0.3 is 21.5 Å². The van der Waals surface area contributed by atoms with E-state index >= 15 is 0 Å². The number of amides is 1. The van der Waals surface area contributed by atoms with Crippen LogP contribution < -0.4 is 16.4 Å². The first-order chi connectivity index (χ1) is 17.1. The minimum absolute atomic E-state index is 0.116. The topological polar surface area (TPSA) is 100 Å². The van der Waals surface area contributed by atoms with Gasteiger partial charge in [-0.25, -0.2) is 4.98 Å². The van der Waals surface area contributed by atoms with Crippen molar-refractivity contribution in [2.24, 2.45) is 0 Å². The second-order valence-corrected chi connectivity index (χ2v) is 8.34. The average molecular weight is 471 g/mol. The van der Waals surface area contributed by atoms with Crippen LogP contribution in [0.4, 0.5) is 11.5 Å². The molecule has 1 amide bonds. The molecule has 3 aromatic carbocycles. The van der Waals surface area contributed by atoms with E-state index in [0.29, 0.717) is 17.1 Å². The molecule has 1 aromatic heterocycles. The van der Waals surface area contributed by atoms with Crippen molar-refractivity contribution in [2.75, 3.05) is 17.6 Å². The molecule has 4 aromatic rings. The summed E-state index contributed by atoms with van der Waals surface area (Å²) in [6, 6.07) is 25.1. The van der Waals surface area contributed by atoms with Gasteiger partial charge in [0.2, 0.25) is 0 Å². The Morgan fingerprint density at radius 3 is 2.37 bits per heavy atom. The van der Waals surface area contributed by atoms with E-state index in [0.717, 1.165) is 18.7 Å². The molecule has 0 radical (unpaired) electrons. The predicted octanol–water partition coefficient (Wildman–Crippen LogP) is 5.53. The number of hydrogen-bond donors (Lipinski definition) is 4. The SMILES string of the molecule is CCCCCNCc1ccc(C(=O)Nc2ccnc(N)c2)cc1.OCc1ccc2ccccc2c1. The maximum atomic E-state index is 12.2. The number of unbranched alkanes of at least 4 members (excludes halogenated alkanes) is 2. The molecule has 0 fully saturated rings. The second-order valence-electron chi connectivity index (χ2n) is 8.34. The van der Waals surface area contributed by atoms with Crippen molar-refractivity contribution in [3.63, 3.8) is 0 Å². The fraction of sp³-hybridized carbons (Fsp3) is 0.241. The van der Waals surface area contributed by atoms with Crippen LogP contribution in [0.1, 0.15) is 47.7 Å². The van der Waals surface area contributed by atoms with E-state index in [2.05, 4.69) is 34.7 Å². The Morgan fingerprint density at radius 1 is 0.914 bits per heavy atom. The summed E-state index contributed by atoms with van der Waals surface area (Å²) < 4.78 is 0. The standard InChI is InChI=1S/C18H24N4O.C11H10O/c1-2-3-4-10-20-13-14-5-7-15(8-6-14)18(23)22-16-9-11-21-17(19)12-16;12-8-9-5-6-10-3-1-2-4-11(10)7-9/h5-9,11-12,20H,2-4,10,13H2,1H3,(H3,19,21,22,23);1-7,12H,8H2. The molecule has 6 heteroatoms. The number of carbonyl (C=O) groups excluding carboxylic acids is 1. The zero-order valence-electron chi connectivity index (χ0n) is 20.2. The summed E-state index contributed by atoms with van der Waals surface area (Å²) in [5, 5.41) is 17.5. The van der Waals surface area contributed by atoms with E-state index in [4.69, 9.17) is 10.8 Å². The van der Waals surface area contributed by atoms with Gasteiger partial charge in [0.05, 0.1) is 6.61 Å². The summed E-state index contributed by atoms with van der Waals surface area (Å²) in [7, 11) is 0. The van der Waals surface area contributed by atoms with E-state index in [-0.39, 0.29) is 12.5 Å². The van der Waals surface area contributed by atoms with Gasteiger partial charge in [-0.2, -0.15) is 0 Å². The summed E-state index contributed by atoms with van der Waals surface area (Å²) in [6.07, 6.45) is 5.25. The molecule has 0 saturated carbocycles. The summed E-state index contributed by atoms with van der Waals surface area (Å²) >= 11 is 0. The number of nitrogens with one attached hydrogen (secondary N) is 2. The van der Waals surface area contributed by atoms with Crippen molar-refractivity contribution in [1.29, 1.82) is 0 Å². The molecule has 0 aliphatic carbocycles. The van der Waals surface area contributed by atoms with Crippen molar-refractivity contribution in [3.8, 4) is 0 Å². The maximum absolute atomic E-state index is 12.2. The minimum Gasteiger partial charge on any atom is -0.392 e. The Kier molecular flexibility index (Phi) is 10.2. The smallest absolute Gasteiger partial charge is 0.255 e. The molecule has 0 unspecified atom stereocenters. The van der Waals surface area contributed by atoms with Gasteiger partial charge >= 0.3 is 0 Å². The lowest BCUT2D eigenvalue weighted by molar-refractivity contribution is 0.102. The normalized spacial score (nSPS) is 10.5. The first-order valence-corrected chi connectivity index (χ1v) is 12.0. The first kappa shape index (κ1) is 25.9. The van der Waals surface area contributed by atoms with Gasteiger partial charge in [-0.3, -0.25) is 4.79 Å². The Labute approximate surface area is 207 Å². The zero-order valence-corrected chi connectivity index (χ0v) is 20.2. The van der Waals surface area contributed by atoms with Crippen LogP contribution >= 0.6 is 0 Å². The number of carbonyl (C=O) groups is 1. The van der Waals surface area contributed by atoms with Crippen LogP contribution in [0.3, 0.4) is 0 Å². The van der Waals surface area contributed by atoms with Crippen LogP contribution in [0.25, 0.3) is 10.8 Å². The van der Waals surface area contributed by atoms with E-state index in [1.807, 2.05) is 54.6 Å². The van der Waals surface area contributed by atoms with E-state index in [1.54, 1.807) is 18.3 Å². The maximum Gasteiger partial charge on any atom is 0.255 e. The largest absolute Gasteiger partial charge is 0.392 e. The summed E-state index contributed by atoms with van der Waals surface area (Å²) in [6.45, 7) is 4.17. The van der Waals surface area contributed by atoms with Gasteiger partial charge in [-0.1, -0.05) is 68.3 Å². The number of pyridine rings is 1. The van der Waals surface area contributed by atoms with E-state index in [9.17, 15) is 4.79 Å². The fourth-order valence-electron chi connectivity index (χ4n) is 3.57. The van der Waals surface area contributed by atoms with Gasteiger partial charge in [0.1, 0.15) is 5.82 Å². The van der Waals surface area contributed by atoms with Crippen molar-refractivity contribution in [3.05, 3.63) is 102 Å². The van der Waals surface area contributed by atoms with Crippen LogP contribution in [0, 0.1) is 0 Å². The van der Waals surface area contributed by atoms with Crippen LogP contribution in [0.5, 0.6) is 0 Å². The average Bonchev–Trinajstić information content (AvgIpc) is 2.89. The van der Waals surface area contributed by atoms with Gasteiger partial charge in [0, 0.05) is 30.1 Å². The van der Waals surface area contributed by atoms with Gasteiger partial charge in [0.25, 0.3) is 5.91 Å². The quantitative estimate of drug-likeness (QED) is 0.241. The summed E-state index contributed by atoms with van der Waals surface area (Å²) in [5.41, 5.74) is 9.00. The summed E-state index contributed by atoms with van der Waals surface area (Å²) in [4.78, 5) is 16.1. The second kappa shape index (κ2) is 13.8. The number of benzene rings is 3. The Bertz CT molecular complexity index is 1210. The lowest BCUT2D eigenvalue weighted by Crippen LogP contribution is -2.15. The fourth-order valence-corrected chi connectivity index (χ4v) is 3.57. The lowest BCUT2D eigenvalue weighted by atomic mass is 10.1. The van der Waals surface area contributed by atoms with Crippen molar-refractivity contribution < 1.29 is 9.90 Å². The van der Waals surface area contributed by atoms with Crippen LogP contribution in [-0.4, -0.2) is 22.5 Å². The molecule has 0 saturated heterocycles. The van der Waals surface area contributed by atoms with Gasteiger partial charge in [-0.15, -0.1) is 0 Å². The number of rotatable bonds is 9. The highest BCUT2D eigenvalue weighted by atomic mass is 16.3. The monoisotopic (exact) mass is 470 g/mol. The van der Waals surface area contributed by atoms with E-state index < -0.39 is 0 Å². The molecule has 0 atom stereocenters. The van der Waals surface area contributed by atoms with E-state index in [1.165, 1.54) is 35.6 Å². The molecular weight excluding hydrogens is 436 g/mol. The Balaban J connectivity index is 0.000000237. The van der Waals surface area contributed by atoms with Crippen molar-refractivity contribution in [1.82, 2.24) is 10.3 Å². The molecule has 182 valence electrons. The third-order valence-corrected chi connectivity index (χ3v) is 5.54. The molecule has 0 aliphatic heterocycles. The number of hydrogen-bond acceptors (Lipinski definition) is 5. The number of aliphatic hydroxyl groups excluding tert-OH is 1. The molecule has 5 N–H and O–H groups in total. The molecular formula is C29H34N4O2. The third kappa shape index (κ3) is 8.52. The molecule has 0 aliphatic rings. The highest BCUT2D eigenvalue weighted by Crippen LogP contribution is 2.15. The first-order valence-electron chi connectivity index (χ1n) is 12.0. The van der Waals surface area contributed by atoms with Crippen molar-refractivity contribution in [2.45, 2.75) is 39.3 Å². The number of fused-ring (bicyclic) bond motifs is 1.